The molecule has 0 bridgehead atoms. The minimum Gasteiger partial charge on any atom is -0.478 e. The third-order valence-corrected chi connectivity index (χ3v) is 2.73. The lowest BCUT2D eigenvalue weighted by atomic mass is 10.1. The Kier molecular flexibility index (Phi) is 2.09. The van der Waals surface area contributed by atoms with Crippen molar-refractivity contribution in [2.24, 2.45) is 0 Å². The van der Waals surface area contributed by atoms with Gasteiger partial charge < -0.3 is 10.8 Å². The molecule has 0 aliphatic rings. The molecule has 88 valence electrons. The monoisotopic (exact) mass is 240 g/mol. The maximum atomic E-state index is 11.0. The van der Waals surface area contributed by atoms with Crippen LogP contribution in [0.4, 0.5) is 5.82 Å². The van der Waals surface area contributed by atoms with Crippen LogP contribution in [-0.2, 0) is 0 Å². The Morgan fingerprint density at radius 1 is 1.28 bits per heavy atom. The van der Waals surface area contributed by atoms with Crippen molar-refractivity contribution in [2.45, 2.75) is 0 Å². The molecule has 3 rings (SSSR count). The molecule has 6 nitrogen and oxygen atoms in total. The number of aromatic nitrogens is 3. The van der Waals surface area contributed by atoms with E-state index in [1.807, 2.05) is 0 Å². The molecule has 2 heterocycles. The van der Waals surface area contributed by atoms with Crippen LogP contribution in [0.3, 0.4) is 0 Å². The minimum absolute atomic E-state index is 0.194. The summed E-state index contributed by atoms with van der Waals surface area (Å²) in [5.74, 6) is -0.679. The summed E-state index contributed by atoms with van der Waals surface area (Å²) in [4.78, 5) is 23.2. The standard InChI is InChI=1S/C12H8N4O2/c13-11-10-8(4-14-5-15-10)7-3-6(12(17)18)1-2-9(7)16-11/h1-5H,(H2,13,16)(H,17,18). The molecule has 6 heteroatoms. The molecular formula is C12H8N4O2. The van der Waals surface area contributed by atoms with Gasteiger partial charge in [-0.2, -0.15) is 0 Å². The van der Waals surface area contributed by atoms with E-state index in [1.54, 1.807) is 18.3 Å². The summed E-state index contributed by atoms with van der Waals surface area (Å²) in [5, 5.41) is 10.4. The molecule has 18 heavy (non-hydrogen) atoms. The van der Waals surface area contributed by atoms with E-state index in [2.05, 4.69) is 15.0 Å². The van der Waals surface area contributed by atoms with Crippen LogP contribution in [0.1, 0.15) is 10.4 Å². The molecule has 0 spiro atoms. The highest BCUT2D eigenvalue weighted by molar-refractivity contribution is 6.09. The van der Waals surface area contributed by atoms with Gasteiger partial charge in [0, 0.05) is 17.0 Å². The van der Waals surface area contributed by atoms with Gasteiger partial charge in [0.25, 0.3) is 0 Å². The zero-order chi connectivity index (χ0) is 12.7. The van der Waals surface area contributed by atoms with Crippen molar-refractivity contribution < 1.29 is 9.90 Å². The summed E-state index contributed by atoms with van der Waals surface area (Å²) in [6, 6.07) is 4.67. The first kappa shape index (κ1) is 10.4. The van der Waals surface area contributed by atoms with Gasteiger partial charge in [0.2, 0.25) is 0 Å². The lowest BCUT2D eigenvalue weighted by molar-refractivity contribution is 0.0697. The molecule has 1 aromatic carbocycles. The fraction of sp³-hybridized carbons (Fsp3) is 0. The first-order valence-corrected chi connectivity index (χ1v) is 5.19. The van der Waals surface area contributed by atoms with Gasteiger partial charge in [-0.15, -0.1) is 0 Å². The molecule has 0 aliphatic carbocycles. The number of carboxylic acids is 1. The van der Waals surface area contributed by atoms with Crippen molar-refractivity contribution in [1.29, 1.82) is 0 Å². The molecule has 0 saturated heterocycles. The van der Waals surface area contributed by atoms with E-state index in [-0.39, 0.29) is 5.56 Å². The van der Waals surface area contributed by atoms with E-state index in [9.17, 15) is 4.79 Å². The molecule has 0 unspecified atom stereocenters. The maximum absolute atomic E-state index is 11.0. The first-order valence-electron chi connectivity index (χ1n) is 5.19. The van der Waals surface area contributed by atoms with Gasteiger partial charge in [0.05, 0.1) is 11.1 Å². The highest BCUT2D eigenvalue weighted by Gasteiger charge is 2.10. The normalized spacial score (nSPS) is 10.9. The Balaban J connectivity index is 2.50. The second-order valence-electron chi connectivity index (χ2n) is 3.82. The van der Waals surface area contributed by atoms with Crippen LogP contribution in [0.5, 0.6) is 0 Å². The van der Waals surface area contributed by atoms with Gasteiger partial charge in [0.1, 0.15) is 11.8 Å². The van der Waals surface area contributed by atoms with Crippen LogP contribution in [-0.4, -0.2) is 26.0 Å². The zero-order valence-corrected chi connectivity index (χ0v) is 9.16. The maximum Gasteiger partial charge on any atom is 0.335 e. The highest BCUT2D eigenvalue weighted by atomic mass is 16.4. The van der Waals surface area contributed by atoms with Crippen LogP contribution < -0.4 is 5.73 Å². The summed E-state index contributed by atoms with van der Waals surface area (Å²) in [6.07, 6.45) is 2.99. The fourth-order valence-corrected chi connectivity index (χ4v) is 1.90. The van der Waals surface area contributed by atoms with E-state index in [0.717, 1.165) is 0 Å². The number of hydrogen-bond donors (Lipinski definition) is 2. The van der Waals surface area contributed by atoms with Gasteiger partial charge in [-0.3, -0.25) is 0 Å². The molecule has 2 aromatic heterocycles. The Hall–Kier alpha value is -2.76. The van der Waals surface area contributed by atoms with E-state index >= 15 is 0 Å². The first-order chi connectivity index (χ1) is 8.66. The topological polar surface area (TPSA) is 102 Å². The highest BCUT2D eigenvalue weighted by Crippen LogP contribution is 2.26. The van der Waals surface area contributed by atoms with Crippen LogP contribution in [0, 0.1) is 0 Å². The third-order valence-electron chi connectivity index (χ3n) is 2.73. The Bertz CT molecular complexity index is 785. The lowest BCUT2D eigenvalue weighted by Crippen LogP contribution is -1.99. The molecule has 3 aromatic rings. The van der Waals surface area contributed by atoms with E-state index in [1.165, 1.54) is 12.4 Å². The lowest BCUT2D eigenvalue weighted by Gasteiger charge is -2.05. The average molecular weight is 240 g/mol. The number of pyridine rings is 1. The van der Waals surface area contributed by atoms with E-state index in [4.69, 9.17) is 10.8 Å². The Morgan fingerprint density at radius 3 is 2.89 bits per heavy atom. The summed E-state index contributed by atoms with van der Waals surface area (Å²) in [5.41, 5.74) is 7.15. The molecule has 0 aliphatic heterocycles. The quantitative estimate of drug-likeness (QED) is 0.624. The number of carbonyl (C=O) groups is 1. The number of carboxylic acid groups (broad SMARTS) is 1. The number of nitrogens with two attached hydrogens (primary N) is 1. The number of nitrogen functional groups attached to an aromatic ring is 1. The van der Waals surface area contributed by atoms with Crippen molar-refractivity contribution in [3.63, 3.8) is 0 Å². The number of aromatic carboxylic acids is 1. The largest absolute Gasteiger partial charge is 0.478 e. The van der Waals surface area contributed by atoms with Crippen LogP contribution in [0.25, 0.3) is 21.8 Å². The van der Waals surface area contributed by atoms with Gasteiger partial charge in [0.15, 0.2) is 5.82 Å². The van der Waals surface area contributed by atoms with E-state index in [0.29, 0.717) is 27.6 Å². The number of nitrogens with zero attached hydrogens (tertiary/aromatic N) is 3. The number of rotatable bonds is 1. The van der Waals surface area contributed by atoms with Crippen molar-refractivity contribution in [3.8, 4) is 0 Å². The SMILES string of the molecule is Nc1nc2ccc(C(=O)O)cc2c2cncnc12. The summed E-state index contributed by atoms with van der Waals surface area (Å²) in [6.45, 7) is 0. The number of anilines is 1. The van der Waals surface area contributed by atoms with Crippen molar-refractivity contribution in [3.05, 3.63) is 36.3 Å². The summed E-state index contributed by atoms with van der Waals surface area (Å²) >= 11 is 0. The molecule has 0 amide bonds. The second kappa shape index (κ2) is 3.63. The van der Waals surface area contributed by atoms with Crippen LogP contribution >= 0.6 is 0 Å². The Labute approximate surface area is 101 Å². The average Bonchev–Trinajstić information content (AvgIpc) is 2.38. The smallest absolute Gasteiger partial charge is 0.335 e. The van der Waals surface area contributed by atoms with Crippen LogP contribution in [0.15, 0.2) is 30.7 Å². The van der Waals surface area contributed by atoms with Crippen molar-refractivity contribution in [2.75, 3.05) is 5.73 Å². The van der Waals surface area contributed by atoms with Crippen molar-refractivity contribution >= 4 is 33.6 Å². The molecule has 3 N–H and O–H groups in total. The molecule has 0 saturated carbocycles. The van der Waals surface area contributed by atoms with E-state index < -0.39 is 5.97 Å². The van der Waals surface area contributed by atoms with Gasteiger partial charge >= 0.3 is 5.97 Å². The molecular weight excluding hydrogens is 232 g/mol. The number of benzene rings is 1. The fourth-order valence-electron chi connectivity index (χ4n) is 1.90. The molecule has 0 fully saturated rings. The predicted molar refractivity (Wildman–Crippen MR) is 66.2 cm³/mol. The molecule has 0 radical (unpaired) electrons. The van der Waals surface area contributed by atoms with Gasteiger partial charge in [-0.1, -0.05) is 0 Å². The summed E-state index contributed by atoms with van der Waals surface area (Å²) < 4.78 is 0. The molecule has 0 atom stereocenters. The van der Waals surface area contributed by atoms with Gasteiger partial charge in [-0.25, -0.2) is 19.7 Å². The number of hydrogen-bond acceptors (Lipinski definition) is 5. The van der Waals surface area contributed by atoms with Gasteiger partial charge in [-0.05, 0) is 18.2 Å². The number of fused-ring (bicyclic) bond motifs is 3. The zero-order valence-electron chi connectivity index (χ0n) is 9.16. The van der Waals surface area contributed by atoms with Crippen LogP contribution in [0.2, 0.25) is 0 Å². The summed E-state index contributed by atoms with van der Waals surface area (Å²) in [7, 11) is 0. The minimum atomic E-state index is -0.987. The Morgan fingerprint density at radius 2 is 2.11 bits per heavy atom. The second-order valence-corrected chi connectivity index (χ2v) is 3.82. The predicted octanol–water partition coefficient (Wildman–Crippen LogP) is 1.46. The van der Waals surface area contributed by atoms with Crippen molar-refractivity contribution in [1.82, 2.24) is 15.0 Å². The third kappa shape index (κ3) is 1.43.